The Balaban J connectivity index is 0.000000626. The molecule has 1 nitrogen and oxygen atoms in total. The first-order valence-corrected chi connectivity index (χ1v) is 24.8. The molecule has 131 valence electrons. The summed E-state index contributed by atoms with van der Waals surface area (Å²) in [5, 5.41) is 10.4. The first-order valence-electron chi connectivity index (χ1n) is 6.65. The number of benzene rings is 1. The van der Waals surface area contributed by atoms with Crippen molar-refractivity contribution in [1.29, 1.82) is 0 Å². The number of aromatic hydroxyl groups is 1. The first kappa shape index (κ1) is 23.2. The quantitative estimate of drug-likeness (QED) is 0.333. The molecule has 0 amide bonds. The van der Waals surface area contributed by atoms with E-state index in [1.807, 2.05) is 0 Å². The molecule has 22 heavy (non-hydrogen) atoms. The van der Waals surface area contributed by atoms with Crippen molar-refractivity contribution in [3.05, 3.63) is 28.8 Å². The molecule has 0 saturated heterocycles. The van der Waals surface area contributed by atoms with Crippen molar-refractivity contribution in [3.63, 3.8) is 0 Å². The molecule has 1 aromatic rings. The molecule has 0 aliphatic heterocycles. The van der Waals surface area contributed by atoms with Crippen molar-refractivity contribution >= 4 is 47.1 Å². The summed E-state index contributed by atoms with van der Waals surface area (Å²) in [7, 11) is 20.9. The van der Waals surface area contributed by atoms with Gasteiger partial charge in [0.25, 0.3) is 0 Å². The van der Waals surface area contributed by atoms with E-state index in [1.54, 1.807) is 0 Å². The van der Waals surface area contributed by atoms with Crippen LogP contribution >= 0.6 is 47.1 Å². The van der Waals surface area contributed by atoms with Gasteiger partial charge in [0.05, 0.1) is 0 Å². The molecule has 0 aromatic heterocycles. The third-order valence-corrected chi connectivity index (χ3v) is 2.87. The molecule has 0 aliphatic rings. The zero-order valence-electron chi connectivity index (χ0n) is 13.9. The van der Waals surface area contributed by atoms with Gasteiger partial charge >= 0.3 is 56.7 Å². The molecule has 7 heteroatoms. The molecule has 0 heterocycles. The van der Waals surface area contributed by atoms with E-state index in [9.17, 15) is 5.11 Å². The van der Waals surface area contributed by atoms with Crippen LogP contribution in [0.15, 0.2) is 12.1 Å². The van der Waals surface area contributed by atoms with Gasteiger partial charge in [0.2, 0.25) is 0 Å². The van der Waals surface area contributed by atoms with Crippen molar-refractivity contribution in [2.45, 2.75) is 59.3 Å². The van der Waals surface area contributed by atoms with Crippen LogP contribution in [0.4, 0.5) is 0 Å². The number of aryl methyl sites for hydroxylation is 1. The zero-order valence-corrected chi connectivity index (χ0v) is 20.6. The van der Waals surface area contributed by atoms with Crippen LogP contribution in [0.3, 0.4) is 0 Å². The van der Waals surface area contributed by atoms with E-state index in [0.717, 1.165) is 11.1 Å². The molecule has 0 spiro atoms. The summed E-state index contributed by atoms with van der Waals surface area (Å²) in [5.41, 5.74) is 3.26. The van der Waals surface area contributed by atoms with E-state index in [0.29, 0.717) is 5.75 Å². The Kier molecular flexibility index (Phi) is 7.56. The maximum absolute atomic E-state index is 10.4. The normalized spacial score (nSPS) is 14.6. The molecule has 0 fully saturated rings. The Labute approximate surface area is 154 Å². The number of halogens is 5. The molecule has 1 rings (SSSR count). The summed E-state index contributed by atoms with van der Waals surface area (Å²) in [6.07, 6.45) is 0. The Morgan fingerprint density at radius 3 is 1.18 bits per heavy atom. The predicted octanol–water partition coefficient (Wildman–Crippen LogP) is 7.74. The van der Waals surface area contributed by atoms with Crippen LogP contribution in [0.25, 0.3) is 0 Å². The van der Waals surface area contributed by atoms with Crippen molar-refractivity contribution in [3.8, 4) is 5.75 Å². The summed E-state index contributed by atoms with van der Waals surface area (Å²) in [4.78, 5) is 0. The molecule has 0 atom stereocenters. The van der Waals surface area contributed by atoms with Crippen LogP contribution in [-0.4, -0.2) is 5.11 Å². The third kappa shape index (κ3) is 10.1. The summed E-state index contributed by atoms with van der Waals surface area (Å²) < 4.78 is 0. The van der Waals surface area contributed by atoms with Crippen molar-refractivity contribution in [1.82, 2.24) is 0 Å². The molecule has 0 saturated carbocycles. The van der Waals surface area contributed by atoms with Crippen molar-refractivity contribution in [2.24, 2.45) is 0 Å². The van der Waals surface area contributed by atoms with Crippen LogP contribution in [0.2, 0.25) is 0 Å². The van der Waals surface area contributed by atoms with Crippen LogP contribution in [0, 0.1) is 6.92 Å². The Hall–Kier alpha value is 1.16. The van der Waals surface area contributed by atoms with Gasteiger partial charge < -0.3 is 5.11 Å². The van der Waals surface area contributed by atoms with Crippen LogP contribution in [0.1, 0.15) is 58.2 Å². The van der Waals surface area contributed by atoms with E-state index in [1.165, 1.54) is 5.56 Å². The summed E-state index contributed by atoms with van der Waals surface area (Å²) in [5.74, 6) is 0.464. The second-order valence-corrected chi connectivity index (χ2v) is 49.7. The molecule has 0 radical (unpaired) electrons. The molecule has 0 aliphatic carbocycles. The molecule has 0 unspecified atom stereocenters. The second kappa shape index (κ2) is 7.18. The van der Waals surface area contributed by atoms with Gasteiger partial charge in [0.15, 0.2) is 0 Å². The predicted molar refractivity (Wildman–Crippen MR) is 99.5 cm³/mol. The van der Waals surface area contributed by atoms with Crippen molar-refractivity contribution in [2.75, 3.05) is 0 Å². The summed E-state index contributed by atoms with van der Waals surface area (Å²) >= 11 is 0. The number of phenolic OH excluding ortho intramolecular Hbond substituents is 1. The molecular weight excluding hydrogens is 557 g/mol. The molecule has 1 N–H and O–H groups in total. The maximum atomic E-state index is 10.4. The van der Waals surface area contributed by atoms with Crippen LogP contribution in [-0.2, 0) is 20.4 Å². The van der Waals surface area contributed by atoms with Gasteiger partial charge in [0.1, 0.15) is 5.75 Å². The summed E-state index contributed by atoms with van der Waals surface area (Å²) in [6, 6.07) is 4.18. The fourth-order valence-corrected chi connectivity index (χ4v) is 1.92. The molecule has 0 bridgehead atoms. The van der Waals surface area contributed by atoms with E-state index in [2.05, 4.69) is 60.6 Å². The van der Waals surface area contributed by atoms with Crippen LogP contribution in [0.5, 0.6) is 5.75 Å². The number of hydrogen-bond acceptors (Lipinski definition) is 1. The minimum atomic E-state index is -4.39. The monoisotopic (exact) mass is 579 g/mol. The molecular formula is C15H24Cl5OW. The van der Waals surface area contributed by atoms with Gasteiger partial charge in [-0.2, -0.15) is 0 Å². The Morgan fingerprint density at radius 2 is 1.00 bits per heavy atom. The van der Waals surface area contributed by atoms with Gasteiger partial charge in [-0.25, -0.2) is 0 Å². The van der Waals surface area contributed by atoms with Gasteiger partial charge in [0, 0.05) is 0 Å². The average molecular weight is 581 g/mol. The Morgan fingerprint density at radius 1 is 0.773 bits per heavy atom. The SMILES string of the molecule is Cc1cc(C(C)(C)C)c(O)c(C(C)(C)C)c1.[Cl][W]([Cl])([Cl])([Cl])[Cl]. The number of phenols is 1. The summed E-state index contributed by atoms with van der Waals surface area (Å²) in [6.45, 7) is 14.9. The molecule has 1 aromatic carbocycles. The standard InChI is InChI=1S/C15H24O.5ClH.W/c1-10-8-11(14(2,3)4)13(16)12(9-10)15(5,6)7;;;;;;/h8-9,16H,1-7H3;5*1H;/q;;;;;;+5/p-5. The minimum absolute atomic E-state index is 0.0178. The van der Waals surface area contributed by atoms with E-state index in [-0.39, 0.29) is 10.8 Å². The van der Waals surface area contributed by atoms with Gasteiger partial charge in [-0.1, -0.05) is 59.2 Å². The Bertz CT molecular complexity index is 482. The number of rotatable bonds is 0. The second-order valence-electron chi connectivity index (χ2n) is 7.29. The number of hydrogen-bond donors (Lipinski definition) is 1. The van der Waals surface area contributed by atoms with E-state index < -0.39 is 9.60 Å². The topological polar surface area (TPSA) is 20.2 Å². The van der Waals surface area contributed by atoms with Gasteiger partial charge in [-0.3, -0.25) is 0 Å². The fourth-order valence-electron chi connectivity index (χ4n) is 1.92. The zero-order chi connectivity index (χ0) is 18.2. The van der Waals surface area contributed by atoms with Gasteiger partial charge in [-0.15, -0.1) is 0 Å². The first-order chi connectivity index (χ1) is 9.27. The van der Waals surface area contributed by atoms with Crippen LogP contribution < -0.4 is 0 Å². The van der Waals surface area contributed by atoms with E-state index in [4.69, 9.17) is 47.1 Å². The fraction of sp³-hybridized carbons (Fsp3) is 0.600. The van der Waals surface area contributed by atoms with Crippen molar-refractivity contribution < 1.29 is 14.7 Å². The van der Waals surface area contributed by atoms with E-state index >= 15 is 0 Å². The van der Waals surface area contributed by atoms with Gasteiger partial charge in [-0.05, 0) is 28.9 Å². The third-order valence-electron chi connectivity index (χ3n) is 2.87. The average Bonchev–Trinajstić information content (AvgIpc) is 2.13.